The molecule has 0 saturated carbocycles. The zero-order valence-corrected chi connectivity index (χ0v) is 9.58. The quantitative estimate of drug-likeness (QED) is 0.881. The Morgan fingerprint density at radius 1 is 1.24 bits per heavy atom. The van der Waals surface area contributed by atoms with Crippen molar-refractivity contribution < 1.29 is 4.39 Å². The SMILES string of the molecule is Nc1ncnc(NCc2ccc(F)cc2)c1Cl. The first-order valence-corrected chi connectivity index (χ1v) is 5.29. The molecule has 0 saturated heterocycles. The average molecular weight is 253 g/mol. The number of benzene rings is 1. The second kappa shape index (κ2) is 4.97. The Morgan fingerprint density at radius 2 is 1.94 bits per heavy atom. The Hall–Kier alpha value is -1.88. The van der Waals surface area contributed by atoms with E-state index in [-0.39, 0.29) is 16.7 Å². The fourth-order valence-corrected chi connectivity index (χ4v) is 1.46. The van der Waals surface area contributed by atoms with Gasteiger partial charge < -0.3 is 11.1 Å². The van der Waals surface area contributed by atoms with Crippen molar-refractivity contribution in [3.63, 3.8) is 0 Å². The molecule has 4 nitrogen and oxygen atoms in total. The van der Waals surface area contributed by atoms with Crippen molar-refractivity contribution in [3.8, 4) is 0 Å². The molecule has 1 aromatic carbocycles. The van der Waals surface area contributed by atoms with Crippen LogP contribution in [0, 0.1) is 5.82 Å². The van der Waals surface area contributed by atoms with Gasteiger partial charge in [0.15, 0.2) is 5.82 Å². The number of anilines is 2. The molecule has 0 radical (unpaired) electrons. The van der Waals surface area contributed by atoms with E-state index >= 15 is 0 Å². The molecule has 1 heterocycles. The van der Waals surface area contributed by atoms with Gasteiger partial charge in [-0.15, -0.1) is 0 Å². The van der Waals surface area contributed by atoms with Gasteiger partial charge in [0.25, 0.3) is 0 Å². The monoisotopic (exact) mass is 252 g/mol. The molecular formula is C11H10ClFN4. The normalized spacial score (nSPS) is 10.2. The van der Waals surface area contributed by atoms with E-state index in [1.165, 1.54) is 18.5 Å². The molecule has 0 fully saturated rings. The van der Waals surface area contributed by atoms with E-state index < -0.39 is 0 Å². The third-order valence-electron chi connectivity index (χ3n) is 2.19. The number of nitrogen functional groups attached to an aromatic ring is 1. The standard InChI is InChI=1S/C11H10ClFN4/c12-9-10(14)16-6-17-11(9)15-5-7-1-3-8(13)4-2-7/h1-4,6H,5H2,(H3,14,15,16,17). The van der Waals surface area contributed by atoms with Crippen LogP contribution in [0.2, 0.25) is 5.02 Å². The summed E-state index contributed by atoms with van der Waals surface area (Å²) in [7, 11) is 0. The van der Waals surface area contributed by atoms with Crippen LogP contribution in [0.25, 0.3) is 0 Å². The first-order chi connectivity index (χ1) is 8.16. The number of hydrogen-bond acceptors (Lipinski definition) is 4. The van der Waals surface area contributed by atoms with Crippen LogP contribution in [0.5, 0.6) is 0 Å². The molecule has 88 valence electrons. The zero-order valence-electron chi connectivity index (χ0n) is 8.82. The molecule has 6 heteroatoms. The Balaban J connectivity index is 2.07. The van der Waals surface area contributed by atoms with Crippen LogP contribution in [0.1, 0.15) is 5.56 Å². The summed E-state index contributed by atoms with van der Waals surface area (Å²) in [6, 6.07) is 6.15. The average Bonchev–Trinajstić information content (AvgIpc) is 2.33. The summed E-state index contributed by atoms with van der Waals surface area (Å²) in [5.74, 6) is 0.421. The minimum atomic E-state index is -0.266. The van der Waals surface area contributed by atoms with Crippen LogP contribution in [-0.4, -0.2) is 9.97 Å². The second-order valence-electron chi connectivity index (χ2n) is 3.40. The Bertz CT molecular complexity index is 515. The first-order valence-electron chi connectivity index (χ1n) is 4.91. The zero-order chi connectivity index (χ0) is 12.3. The first kappa shape index (κ1) is 11.6. The van der Waals surface area contributed by atoms with Gasteiger partial charge >= 0.3 is 0 Å². The molecule has 0 aliphatic carbocycles. The van der Waals surface area contributed by atoms with E-state index in [0.717, 1.165) is 5.56 Å². The minimum Gasteiger partial charge on any atom is -0.382 e. The van der Waals surface area contributed by atoms with E-state index in [2.05, 4.69) is 15.3 Å². The van der Waals surface area contributed by atoms with Crippen molar-refractivity contribution in [2.24, 2.45) is 0 Å². The van der Waals surface area contributed by atoms with Crippen LogP contribution < -0.4 is 11.1 Å². The number of hydrogen-bond donors (Lipinski definition) is 2. The topological polar surface area (TPSA) is 63.8 Å². The van der Waals surface area contributed by atoms with E-state index in [1.807, 2.05) is 0 Å². The highest BCUT2D eigenvalue weighted by Gasteiger charge is 2.05. The van der Waals surface area contributed by atoms with Gasteiger partial charge in [0, 0.05) is 6.54 Å². The van der Waals surface area contributed by atoms with E-state index in [0.29, 0.717) is 12.4 Å². The van der Waals surface area contributed by atoms with Gasteiger partial charge in [0.1, 0.15) is 23.0 Å². The maximum Gasteiger partial charge on any atom is 0.150 e. The molecular weight excluding hydrogens is 243 g/mol. The number of aromatic nitrogens is 2. The van der Waals surface area contributed by atoms with Gasteiger partial charge in [-0.05, 0) is 17.7 Å². The maximum absolute atomic E-state index is 12.7. The van der Waals surface area contributed by atoms with Crippen molar-refractivity contribution in [1.29, 1.82) is 0 Å². The second-order valence-corrected chi connectivity index (χ2v) is 3.78. The number of rotatable bonds is 3. The third kappa shape index (κ3) is 2.82. The number of nitrogens with zero attached hydrogens (tertiary/aromatic N) is 2. The van der Waals surface area contributed by atoms with Gasteiger partial charge in [-0.2, -0.15) is 0 Å². The molecule has 2 rings (SSSR count). The van der Waals surface area contributed by atoms with Gasteiger partial charge in [-0.25, -0.2) is 14.4 Å². The fourth-order valence-electron chi connectivity index (χ4n) is 1.29. The van der Waals surface area contributed by atoms with Gasteiger partial charge in [-0.3, -0.25) is 0 Å². The van der Waals surface area contributed by atoms with Crippen molar-refractivity contribution >= 4 is 23.2 Å². The van der Waals surface area contributed by atoms with Crippen LogP contribution in [0.3, 0.4) is 0 Å². The Morgan fingerprint density at radius 3 is 2.65 bits per heavy atom. The van der Waals surface area contributed by atoms with Crippen LogP contribution >= 0.6 is 11.6 Å². The lowest BCUT2D eigenvalue weighted by Gasteiger charge is -2.07. The molecule has 0 aliphatic heterocycles. The van der Waals surface area contributed by atoms with E-state index in [1.54, 1.807) is 12.1 Å². The summed E-state index contributed by atoms with van der Waals surface area (Å²) in [6.45, 7) is 0.483. The third-order valence-corrected chi connectivity index (χ3v) is 2.56. The number of nitrogens with one attached hydrogen (secondary N) is 1. The molecule has 3 N–H and O–H groups in total. The van der Waals surface area contributed by atoms with E-state index in [9.17, 15) is 4.39 Å². The van der Waals surface area contributed by atoms with Crippen LogP contribution in [-0.2, 0) is 6.54 Å². The van der Waals surface area contributed by atoms with Gasteiger partial charge in [0.2, 0.25) is 0 Å². The summed E-state index contributed by atoms with van der Waals surface area (Å²) in [4.78, 5) is 7.71. The van der Waals surface area contributed by atoms with Gasteiger partial charge in [-0.1, -0.05) is 23.7 Å². The summed E-state index contributed by atoms with van der Waals surface area (Å²) in [5, 5.41) is 3.29. The van der Waals surface area contributed by atoms with Crippen molar-refractivity contribution in [3.05, 3.63) is 47.0 Å². The highest BCUT2D eigenvalue weighted by atomic mass is 35.5. The van der Waals surface area contributed by atoms with Crippen molar-refractivity contribution in [1.82, 2.24) is 9.97 Å². The molecule has 0 atom stereocenters. The van der Waals surface area contributed by atoms with Crippen molar-refractivity contribution in [2.45, 2.75) is 6.54 Å². The molecule has 2 aromatic rings. The Labute approximate surface area is 103 Å². The predicted octanol–water partition coefficient (Wildman–Crippen LogP) is 2.46. The summed E-state index contributed by atoms with van der Waals surface area (Å²) >= 11 is 5.91. The highest BCUT2D eigenvalue weighted by Crippen LogP contribution is 2.23. The molecule has 17 heavy (non-hydrogen) atoms. The van der Waals surface area contributed by atoms with E-state index in [4.69, 9.17) is 17.3 Å². The summed E-state index contributed by atoms with van der Waals surface area (Å²) in [6.07, 6.45) is 1.33. The summed E-state index contributed by atoms with van der Waals surface area (Å²) in [5.41, 5.74) is 6.45. The van der Waals surface area contributed by atoms with Crippen LogP contribution in [0.15, 0.2) is 30.6 Å². The summed E-state index contributed by atoms with van der Waals surface area (Å²) < 4.78 is 12.7. The van der Waals surface area contributed by atoms with Crippen molar-refractivity contribution in [2.75, 3.05) is 11.1 Å². The lowest BCUT2D eigenvalue weighted by Crippen LogP contribution is -2.04. The molecule has 0 aliphatic rings. The predicted molar refractivity (Wildman–Crippen MR) is 65.2 cm³/mol. The largest absolute Gasteiger partial charge is 0.382 e. The lowest BCUT2D eigenvalue weighted by atomic mass is 10.2. The number of halogens is 2. The van der Waals surface area contributed by atoms with Gasteiger partial charge in [0.05, 0.1) is 0 Å². The maximum atomic E-state index is 12.7. The lowest BCUT2D eigenvalue weighted by molar-refractivity contribution is 0.627. The molecule has 0 unspecified atom stereocenters. The molecule has 1 aromatic heterocycles. The molecule has 0 bridgehead atoms. The molecule has 0 amide bonds. The molecule has 0 spiro atoms. The minimum absolute atomic E-state index is 0.225. The fraction of sp³-hybridized carbons (Fsp3) is 0.0909. The highest BCUT2D eigenvalue weighted by molar-refractivity contribution is 6.35. The van der Waals surface area contributed by atoms with Crippen LogP contribution in [0.4, 0.5) is 16.0 Å². The Kier molecular flexibility index (Phi) is 3.39. The number of nitrogens with two attached hydrogens (primary N) is 1. The smallest absolute Gasteiger partial charge is 0.150 e.